The molecule has 1 heterocycles. The van der Waals surface area contributed by atoms with Crippen molar-refractivity contribution < 1.29 is 5.11 Å². The SMILES string of the molecule is CC(C#N)N1CCCC(C)(CO)C1. The van der Waals surface area contributed by atoms with E-state index in [2.05, 4.69) is 17.9 Å². The van der Waals surface area contributed by atoms with Gasteiger partial charge in [0.25, 0.3) is 0 Å². The molecule has 13 heavy (non-hydrogen) atoms. The Morgan fingerprint density at radius 1 is 1.69 bits per heavy atom. The molecule has 74 valence electrons. The highest BCUT2D eigenvalue weighted by Gasteiger charge is 2.32. The summed E-state index contributed by atoms with van der Waals surface area (Å²) in [5.41, 5.74) is 0.00333. The van der Waals surface area contributed by atoms with Gasteiger partial charge in [-0.25, -0.2) is 0 Å². The van der Waals surface area contributed by atoms with E-state index >= 15 is 0 Å². The summed E-state index contributed by atoms with van der Waals surface area (Å²) in [4.78, 5) is 2.15. The maximum atomic E-state index is 9.21. The fourth-order valence-corrected chi connectivity index (χ4v) is 1.90. The van der Waals surface area contributed by atoms with Crippen LogP contribution in [0.3, 0.4) is 0 Å². The van der Waals surface area contributed by atoms with Gasteiger partial charge in [-0.15, -0.1) is 0 Å². The maximum Gasteiger partial charge on any atom is 0.0949 e. The average Bonchev–Trinajstić information content (AvgIpc) is 2.17. The number of likely N-dealkylation sites (tertiary alicyclic amines) is 1. The molecule has 0 aliphatic carbocycles. The lowest BCUT2D eigenvalue weighted by Crippen LogP contribution is -2.46. The molecule has 3 heteroatoms. The monoisotopic (exact) mass is 182 g/mol. The number of nitriles is 1. The van der Waals surface area contributed by atoms with Crippen LogP contribution in [0.1, 0.15) is 26.7 Å². The zero-order valence-electron chi connectivity index (χ0n) is 8.45. The van der Waals surface area contributed by atoms with E-state index in [1.165, 1.54) is 0 Å². The molecule has 0 amide bonds. The minimum Gasteiger partial charge on any atom is -0.396 e. The van der Waals surface area contributed by atoms with Crippen LogP contribution in [-0.4, -0.2) is 35.7 Å². The maximum absolute atomic E-state index is 9.21. The second-order valence-electron chi connectivity index (χ2n) is 4.35. The van der Waals surface area contributed by atoms with Gasteiger partial charge in [0, 0.05) is 18.6 Å². The number of piperidine rings is 1. The Hall–Kier alpha value is -0.590. The second-order valence-corrected chi connectivity index (χ2v) is 4.35. The second kappa shape index (κ2) is 4.08. The lowest BCUT2D eigenvalue weighted by Gasteiger charge is -2.40. The van der Waals surface area contributed by atoms with Crippen molar-refractivity contribution in [3.63, 3.8) is 0 Å². The molecule has 0 saturated carbocycles. The Bertz CT molecular complexity index is 211. The van der Waals surface area contributed by atoms with E-state index in [1.54, 1.807) is 0 Å². The molecular formula is C10H18N2O. The fourth-order valence-electron chi connectivity index (χ4n) is 1.90. The van der Waals surface area contributed by atoms with Crippen molar-refractivity contribution in [2.75, 3.05) is 19.7 Å². The number of hydrogen-bond acceptors (Lipinski definition) is 3. The van der Waals surface area contributed by atoms with E-state index in [-0.39, 0.29) is 18.1 Å². The van der Waals surface area contributed by atoms with Gasteiger partial charge < -0.3 is 5.11 Å². The Morgan fingerprint density at radius 2 is 2.38 bits per heavy atom. The Morgan fingerprint density at radius 3 is 2.92 bits per heavy atom. The molecular weight excluding hydrogens is 164 g/mol. The molecule has 0 bridgehead atoms. The van der Waals surface area contributed by atoms with Crippen molar-refractivity contribution >= 4 is 0 Å². The largest absolute Gasteiger partial charge is 0.396 e. The van der Waals surface area contributed by atoms with E-state index in [1.807, 2.05) is 6.92 Å². The third kappa shape index (κ3) is 2.43. The third-order valence-corrected chi connectivity index (χ3v) is 2.93. The molecule has 1 aliphatic rings. The van der Waals surface area contributed by atoms with E-state index in [0.29, 0.717) is 0 Å². The van der Waals surface area contributed by atoms with Crippen molar-refractivity contribution in [1.82, 2.24) is 4.90 Å². The first-order valence-corrected chi connectivity index (χ1v) is 4.86. The van der Waals surface area contributed by atoms with Crippen LogP contribution in [-0.2, 0) is 0 Å². The normalized spacial score (nSPS) is 32.5. The molecule has 3 nitrogen and oxygen atoms in total. The van der Waals surface area contributed by atoms with Gasteiger partial charge in [-0.1, -0.05) is 6.92 Å². The lowest BCUT2D eigenvalue weighted by atomic mass is 9.82. The Balaban J connectivity index is 2.57. The number of nitrogens with zero attached hydrogens (tertiary/aromatic N) is 2. The zero-order chi connectivity index (χ0) is 9.90. The molecule has 0 spiro atoms. The van der Waals surface area contributed by atoms with Gasteiger partial charge in [-0.05, 0) is 26.3 Å². The van der Waals surface area contributed by atoms with Gasteiger partial charge in [0.15, 0.2) is 0 Å². The highest BCUT2D eigenvalue weighted by atomic mass is 16.3. The van der Waals surface area contributed by atoms with E-state index < -0.39 is 0 Å². The summed E-state index contributed by atoms with van der Waals surface area (Å²) >= 11 is 0. The summed E-state index contributed by atoms with van der Waals surface area (Å²) in [6.45, 7) is 6.07. The van der Waals surface area contributed by atoms with Crippen LogP contribution >= 0.6 is 0 Å². The topological polar surface area (TPSA) is 47.3 Å². The lowest BCUT2D eigenvalue weighted by molar-refractivity contribution is 0.0385. The van der Waals surface area contributed by atoms with Crippen LogP contribution in [0.4, 0.5) is 0 Å². The van der Waals surface area contributed by atoms with Crippen LogP contribution in [0.15, 0.2) is 0 Å². The third-order valence-electron chi connectivity index (χ3n) is 2.93. The van der Waals surface area contributed by atoms with Crippen LogP contribution < -0.4 is 0 Å². The molecule has 2 unspecified atom stereocenters. The number of aliphatic hydroxyl groups is 1. The minimum absolute atomic E-state index is 0.00333. The van der Waals surface area contributed by atoms with E-state index in [9.17, 15) is 5.11 Å². The van der Waals surface area contributed by atoms with Crippen molar-refractivity contribution in [1.29, 1.82) is 5.26 Å². The van der Waals surface area contributed by atoms with Gasteiger partial charge in [0.05, 0.1) is 12.1 Å². The zero-order valence-corrected chi connectivity index (χ0v) is 8.45. The average molecular weight is 182 g/mol. The van der Waals surface area contributed by atoms with Crippen molar-refractivity contribution in [3.8, 4) is 6.07 Å². The fraction of sp³-hybridized carbons (Fsp3) is 0.900. The molecule has 1 rings (SSSR count). The standard InChI is InChI=1S/C10H18N2O/c1-9(6-11)12-5-3-4-10(2,7-12)8-13/h9,13H,3-5,7-8H2,1-2H3. The first-order valence-electron chi connectivity index (χ1n) is 4.86. The predicted molar refractivity (Wildman–Crippen MR) is 51.1 cm³/mol. The molecule has 0 radical (unpaired) electrons. The predicted octanol–water partition coefficient (Wildman–Crippen LogP) is 0.993. The van der Waals surface area contributed by atoms with Crippen molar-refractivity contribution in [3.05, 3.63) is 0 Å². The molecule has 1 N–H and O–H groups in total. The summed E-state index contributed by atoms with van der Waals surface area (Å²) in [6.07, 6.45) is 2.15. The molecule has 1 aliphatic heterocycles. The van der Waals surface area contributed by atoms with E-state index in [4.69, 9.17) is 5.26 Å². The van der Waals surface area contributed by atoms with Gasteiger partial charge in [-0.2, -0.15) is 5.26 Å². The van der Waals surface area contributed by atoms with Crippen LogP contribution in [0, 0.1) is 16.7 Å². The number of aliphatic hydroxyl groups excluding tert-OH is 1. The molecule has 0 aromatic heterocycles. The first-order chi connectivity index (χ1) is 6.11. The summed E-state index contributed by atoms with van der Waals surface area (Å²) < 4.78 is 0. The quantitative estimate of drug-likeness (QED) is 0.693. The summed E-state index contributed by atoms with van der Waals surface area (Å²) in [5.74, 6) is 0. The molecule has 1 saturated heterocycles. The molecule has 0 aromatic rings. The van der Waals surface area contributed by atoms with Crippen LogP contribution in [0.2, 0.25) is 0 Å². The van der Waals surface area contributed by atoms with E-state index in [0.717, 1.165) is 25.9 Å². The van der Waals surface area contributed by atoms with Gasteiger partial charge in [-0.3, -0.25) is 4.90 Å². The van der Waals surface area contributed by atoms with Crippen molar-refractivity contribution in [2.45, 2.75) is 32.7 Å². The van der Waals surface area contributed by atoms with Gasteiger partial charge in [0.2, 0.25) is 0 Å². The molecule has 0 aromatic carbocycles. The highest BCUT2D eigenvalue weighted by molar-refractivity contribution is 4.93. The summed E-state index contributed by atoms with van der Waals surface area (Å²) in [7, 11) is 0. The summed E-state index contributed by atoms with van der Waals surface area (Å²) in [5, 5.41) is 18.0. The summed E-state index contributed by atoms with van der Waals surface area (Å²) in [6, 6.07) is 2.22. The first kappa shape index (κ1) is 10.5. The highest BCUT2D eigenvalue weighted by Crippen LogP contribution is 2.29. The van der Waals surface area contributed by atoms with Gasteiger partial charge in [0.1, 0.15) is 0 Å². The van der Waals surface area contributed by atoms with Gasteiger partial charge >= 0.3 is 0 Å². The van der Waals surface area contributed by atoms with Crippen molar-refractivity contribution in [2.24, 2.45) is 5.41 Å². The number of hydrogen-bond donors (Lipinski definition) is 1. The Labute approximate surface area is 80.0 Å². The minimum atomic E-state index is -0.0221. The van der Waals surface area contributed by atoms with Crippen LogP contribution in [0.5, 0.6) is 0 Å². The molecule has 1 fully saturated rings. The number of rotatable bonds is 2. The smallest absolute Gasteiger partial charge is 0.0949 e. The van der Waals surface area contributed by atoms with Crippen LogP contribution in [0.25, 0.3) is 0 Å². The molecule has 2 atom stereocenters. The Kier molecular flexibility index (Phi) is 3.29.